The maximum absolute atomic E-state index is 13.1. The van der Waals surface area contributed by atoms with Gasteiger partial charge >= 0.3 is 0 Å². The fourth-order valence-corrected chi connectivity index (χ4v) is 3.62. The normalized spacial score (nSPS) is 19.0. The zero-order valence-corrected chi connectivity index (χ0v) is 15.6. The van der Waals surface area contributed by atoms with Crippen LogP contribution in [-0.2, 0) is 0 Å². The van der Waals surface area contributed by atoms with Crippen LogP contribution < -0.4 is 4.74 Å². The number of fused-ring (bicyclic) bond motifs is 2. The maximum atomic E-state index is 13.1. The molecule has 1 aliphatic heterocycles. The number of aromatic amines is 1. The first-order chi connectivity index (χ1) is 13.8. The van der Waals surface area contributed by atoms with Crippen molar-refractivity contribution in [2.24, 2.45) is 0 Å². The van der Waals surface area contributed by atoms with Gasteiger partial charge in [-0.3, -0.25) is 9.89 Å². The number of pyridine rings is 1. The summed E-state index contributed by atoms with van der Waals surface area (Å²) in [6.07, 6.45) is 7.88. The lowest BCUT2D eigenvalue weighted by atomic mass is 10.1. The summed E-state index contributed by atoms with van der Waals surface area (Å²) in [7, 11) is 0. The van der Waals surface area contributed by atoms with E-state index in [4.69, 9.17) is 4.74 Å². The number of H-pyrrole nitrogens is 1. The molecule has 2 aliphatic rings. The number of ether oxygens (including phenoxy) is 1. The molecule has 5 rings (SSSR count). The van der Waals surface area contributed by atoms with Crippen LogP contribution in [0.1, 0.15) is 47.4 Å². The molecule has 0 atom stereocenters. The third-order valence-electron chi connectivity index (χ3n) is 5.29. The molecule has 3 heterocycles. The molecule has 1 aromatic carbocycles. The van der Waals surface area contributed by atoms with Crippen molar-refractivity contribution >= 4 is 29.1 Å². The van der Waals surface area contributed by atoms with E-state index in [0.29, 0.717) is 29.6 Å². The van der Waals surface area contributed by atoms with Gasteiger partial charge in [0.15, 0.2) is 0 Å². The Labute approximate surface area is 163 Å². The summed E-state index contributed by atoms with van der Waals surface area (Å²) in [5.41, 5.74) is 3.74. The molecule has 0 unspecified atom stereocenters. The van der Waals surface area contributed by atoms with E-state index in [0.717, 1.165) is 49.1 Å². The molecule has 1 saturated carbocycles. The smallest absolute Gasteiger partial charge is 0.272 e. The van der Waals surface area contributed by atoms with Gasteiger partial charge in [0.1, 0.15) is 22.7 Å². The minimum absolute atomic E-state index is 0.0135. The molecule has 1 N–H and O–H groups in total. The number of nitrogens with one attached hydrogen (secondary N) is 1. The summed E-state index contributed by atoms with van der Waals surface area (Å²) in [6.45, 7) is 1.38. The van der Waals surface area contributed by atoms with Gasteiger partial charge in [0.05, 0.1) is 12.1 Å². The van der Waals surface area contributed by atoms with Crippen molar-refractivity contribution in [3.05, 3.63) is 53.3 Å². The van der Waals surface area contributed by atoms with E-state index in [1.165, 1.54) is 0 Å². The molecule has 0 radical (unpaired) electrons. The van der Waals surface area contributed by atoms with Crippen LogP contribution >= 0.6 is 0 Å². The Balaban J connectivity index is 1.58. The number of aromatic nitrogens is 3. The van der Waals surface area contributed by atoms with Crippen LogP contribution in [0.2, 0.25) is 0 Å². The van der Waals surface area contributed by atoms with E-state index >= 15 is 0 Å². The van der Waals surface area contributed by atoms with Crippen molar-refractivity contribution in [2.75, 3.05) is 13.2 Å². The summed E-state index contributed by atoms with van der Waals surface area (Å²) < 4.78 is 6.00. The van der Waals surface area contributed by atoms with Crippen molar-refractivity contribution in [1.82, 2.24) is 20.1 Å². The zero-order valence-electron chi connectivity index (χ0n) is 15.6. The van der Waals surface area contributed by atoms with E-state index in [-0.39, 0.29) is 5.91 Å². The molecule has 0 spiro atoms. The van der Waals surface area contributed by atoms with E-state index in [2.05, 4.69) is 15.2 Å². The highest BCUT2D eigenvalue weighted by Gasteiger charge is 2.33. The quantitative estimate of drug-likeness (QED) is 0.701. The maximum Gasteiger partial charge on any atom is 0.272 e. The fourth-order valence-electron chi connectivity index (χ4n) is 3.62. The van der Waals surface area contributed by atoms with Gasteiger partial charge in [-0.1, -0.05) is 18.2 Å². The highest BCUT2D eigenvalue weighted by atomic mass is 16.5. The third kappa shape index (κ3) is 3.26. The molecule has 142 valence electrons. The summed E-state index contributed by atoms with van der Waals surface area (Å²) in [4.78, 5) is 19.7. The third-order valence-corrected chi connectivity index (χ3v) is 5.29. The average molecular weight is 374 g/mol. The second-order valence-electron chi connectivity index (χ2n) is 7.36. The predicted octanol–water partition coefficient (Wildman–Crippen LogP) is 3.91. The Morgan fingerprint density at radius 3 is 2.86 bits per heavy atom. The molecule has 2 aromatic heterocycles. The van der Waals surface area contributed by atoms with Gasteiger partial charge in [-0.15, -0.1) is 0 Å². The lowest BCUT2D eigenvalue weighted by molar-refractivity contribution is 0.0732. The first kappa shape index (κ1) is 17.0. The largest absolute Gasteiger partial charge is 0.493 e. The first-order valence-corrected chi connectivity index (χ1v) is 9.85. The number of benzene rings is 1. The van der Waals surface area contributed by atoms with Crippen molar-refractivity contribution in [2.45, 2.75) is 31.7 Å². The van der Waals surface area contributed by atoms with Gasteiger partial charge < -0.3 is 9.64 Å². The van der Waals surface area contributed by atoms with Crippen LogP contribution in [0.5, 0.6) is 5.75 Å². The summed E-state index contributed by atoms with van der Waals surface area (Å²) in [5.74, 6) is 0.872. The van der Waals surface area contributed by atoms with Gasteiger partial charge in [0.2, 0.25) is 0 Å². The Bertz CT molecular complexity index is 1050. The second kappa shape index (κ2) is 7.11. The summed E-state index contributed by atoms with van der Waals surface area (Å²) in [5, 5.41) is 7.37. The molecule has 0 saturated heterocycles. The van der Waals surface area contributed by atoms with Crippen molar-refractivity contribution in [3.8, 4) is 5.75 Å². The number of para-hydroxylation sites is 1. The van der Waals surface area contributed by atoms with E-state index < -0.39 is 0 Å². The molecule has 1 fully saturated rings. The number of hydrogen-bond donors (Lipinski definition) is 1. The van der Waals surface area contributed by atoms with Crippen LogP contribution in [0.15, 0.2) is 36.4 Å². The standard InChI is InChI=1S/C22H22N4O2/c27-22-19-12-11-18-21(23-19)17(24-25-18)10-7-15-5-1-2-6-20(15)28-14-4-3-13-26(22)16-8-9-16/h1-2,5-7,10-12,16H,3-4,8-9,13-14H2,(H,24,25)/b10-7+. The average Bonchev–Trinajstić information content (AvgIpc) is 3.48. The summed E-state index contributed by atoms with van der Waals surface area (Å²) in [6, 6.07) is 12.0. The summed E-state index contributed by atoms with van der Waals surface area (Å²) >= 11 is 0. The SMILES string of the molecule is O=C1c2ccc3[nH]nc(c3n2)/C=C/c2ccccc2OCCCCN1C1CC1. The fraction of sp³-hybridized carbons (Fsp3) is 0.318. The monoisotopic (exact) mass is 374 g/mol. The van der Waals surface area contributed by atoms with Gasteiger partial charge in [-0.05, 0) is 56.0 Å². The Morgan fingerprint density at radius 1 is 1.07 bits per heavy atom. The molecule has 2 bridgehead atoms. The predicted molar refractivity (Wildman–Crippen MR) is 108 cm³/mol. The number of carbonyl (C=O) groups is 1. The van der Waals surface area contributed by atoms with Crippen LogP contribution in [0.4, 0.5) is 0 Å². The van der Waals surface area contributed by atoms with E-state index in [9.17, 15) is 4.79 Å². The van der Waals surface area contributed by atoms with Gasteiger partial charge in [0.25, 0.3) is 5.91 Å². The van der Waals surface area contributed by atoms with Crippen molar-refractivity contribution in [1.29, 1.82) is 0 Å². The number of amides is 1. The molecule has 3 aromatic rings. The second-order valence-corrected chi connectivity index (χ2v) is 7.36. The molecule has 1 amide bonds. The molecule has 6 nitrogen and oxygen atoms in total. The number of rotatable bonds is 1. The van der Waals surface area contributed by atoms with E-state index in [1.54, 1.807) is 6.07 Å². The first-order valence-electron chi connectivity index (χ1n) is 9.85. The number of hydrogen-bond acceptors (Lipinski definition) is 4. The Hall–Kier alpha value is -3.15. The molecular formula is C22H22N4O2. The minimum Gasteiger partial charge on any atom is -0.493 e. The van der Waals surface area contributed by atoms with E-state index in [1.807, 2.05) is 47.4 Å². The topological polar surface area (TPSA) is 71.1 Å². The Kier molecular flexibility index (Phi) is 4.31. The van der Waals surface area contributed by atoms with Gasteiger partial charge in [-0.25, -0.2) is 4.98 Å². The highest BCUT2D eigenvalue weighted by molar-refractivity contribution is 5.96. The lowest BCUT2D eigenvalue weighted by Crippen LogP contribution is -2.34. The van der Waals surface area contributed by atoms with Crippen LogP contribution in [0.3, 0.4) is 0 Å². The number of carbonyl (C=O) groups excluding carboxylic acids is 1. The van der Waals surface area contributed by atoms with Gasteiger partial charge in [-0.2, -0.15) is 5.10 Å². The molecule has 6 heteroatoms. The molecular weight excluding hydrogens is 352 g/mol. The van der Waals surface area contributed by atoms with Crippen LogP contribution in [0.25, 0.3) is 23.2 Å². The lowest BCUT2D eigenvalue weighted by Gasteiger charge is -2.22. The molecule has 28 heavy (non-hydrogen) atoms. The minimum atomic E-state index is 0.0135. The van der Waals surface area contributed by atoms with Crippen molar-refractivity contribution in [3.63, 3.8) is 0 Å². The molecule has 1 aliphatic carbocycles. The Morgan fingerprint density at radius 2 is 1.96 bits per heavy atom. The van der Waals surface area contributed by atoms with Crippen molar-refractivity contribution < 1.29 is 9.53 Å². The highest BCUT2D eigenvalue weighted by Crippen LogP contribution is 2.29. The van der Waals surface area contributed by atoms with Crippen LogP contribution in [-0.4, -0.2) is 45.2 Å². The zero-order chi connectivity index (χ0) is 18.9. The van der Waals surface area contributed by atoms with Crippen LogP contribution in [0, 0.1) is 0 Å². The van der Waals surface area contributed by atoms with Gasteiger partial charge in [0, 0.05) is 18.2 Å². The number of nitrogens with zero attached hydrogens (tertiary/aromatic N) is 3.